The average Bonchev–Trinajstić information content (AvgIpc) is 2.87. The molecule has 1 unspecified atom stereocenters. The van der Waals surface area contributed by atoms with Crippen LogP contribution in [-0.2, 0) is 18.7 Å². The van der Waals surface area contributed by atoms with E-state index in [-0.39, 0.29) is 0 Å². The Morgan fingerprint density at radius 1 is 1.10 bits per heavy atom. The van der Waals surface area contributed by atoms with Crippen molar-refractivity contribution >= 4 is 0 Å². The van der Waals surface area contributed by atoms with Crippen molar-refractivity contribution in [1.82, 2.24) is 9.80 Å². The zero-order valence-corrected chi connectivity index (χ0v) is 18.1. The van der Waals surface area contributed by atoms with E-state index in [4.69, 9.17) is 14.2 Å². The molecule has 0 bridgehead atoms. The first-order valence-electron chi connectivity index (χ1n) is 9.88. The Morgan fingerprint density at radius 2 is 1.79 bits per heavy atom. The van der Waals surface area contributed by atoms with Gasteiger partial charge >= 0.3 is 0 Å². The first-order valence-corrected chi connectivity index (χ1v) is 9.88. The monoisotopic (exact) mass is 400 g/mol. The van der Waals surface area contributed by atoms with Gasteiger partial charge in [0, 0.05) is 37.8 Å². The predicted molar refractivity (Wildman–Crippen MR) is 114 cm³/mol. The highest BCUT2D eigenvalue weighted by Crippen LogP contribution is 2.31. The number of fused-ring (bicyclic) bond motifs is 1. The SMILES string of the molecule is COc1cc(CN2CCOc3ccc(C(C)(O)CN(C)C)cc3C2)cc(OC)c1. The molecule has 0 spiro atoms. The minimum Gasteiger partial charge on any atom is -0.497 e. The molecule has 6 nitrogen and oxygen atoms in total. The molecule has 0 saturated heterocycles. The minimum absolute atomic E-state index is 0.556. The Balaban J connectivity index is 1.82. The third-order valence-electron chi connectivity index (χ3n) is 5.18. The van der Waals surface area contributed by atoms with Crippen molar-refractivity contribution < 1.29 is 19.3 Å². The molecule has 0 fully saturated rings. The number of aliphatic hydroxyl groups is 1. The zero-order chi connectivity index (χ0) is 21.0. The molecule has 158 valence electrons. The number of rotatable bonds is 7. The van der Waals surface area contributed by atoms with Gasteiger partial charge in [-0.05, 0) is 56.4 Å². The van der Waals surface area contributed by atoms with Gasteiger partial charge in [0.2, 0.25) is 0 Å². The molecule has 1 N–H and O–H groups in total. The Bertz CT molecular complexity index is 813. The maximum absolute atomic E-state index is 10.9. The van der Waals surface area contributed by atoms with Crippen molar-refractivity contribution in [2.24, 2.45) is 0 Å². The van der Waals surface area contributed by atoms with E-state index in [1.165, 1.54) is 0 Å². The third-order valence-corrected chi connectivity index (χ3v) is 5.18. The van der Waals surface area contributed by atoms with E-state index in [1.807, 2.05) is 56.3 Å². The van der Waals surface area contributed by atoms with Crippen LogP contribution in [0.5, 0.6) is 17.2 Å². The van der Waals surface area contributed by atoms with Crippen LogP contribution in [0.25, 0.3) is 0 Å². The van der Waals surface area contributed by atoms with Gasteiger partial charge < -0.3 is 24.2 Å². The van der Waals surface area contributed by atoms with Crippen LogP contribution in [-0.4, -0.2) is 62.9 Å². The summed E-state index contributed by atoms with van der Waals surface area (Å²) in [5.74, 6) is 2.46. The Kier molecular flexibility index (Phi) is 6.67. The van der Waals surface area contributed by atoms with Crippen LogP contribution < -0.4 is 14.2 Å². The molecule has 1 atom stereocenters. The maximum Gasteiger partial charge on any atom is 0.123 e. The van der Waals surface area contributed by atoms with Crippen LogP contribution in [0.3, 0.4) is 0 Å². The summed E-state index contributed by atoms with van der Waals surface area (Å²) >= 11 is 0. The summed E-state index contributed by atoms with van der Waals surface area (Å²) in [7, 11) is 7.25. The Morgan fingerprint density at radius 3 is 2.41 bits per heavy atom. The second-order valence-corrected chi connectivity index (χ2v) is 8.11. The molecule has 0 aromatic heterocycles. The van der Waals surface area contributed by atoms with Crippen LogP contribution in [0.1, 0.15) is 23.6 Å². The lowest BCUT2D eigenvalue weighted by Crippen LogP contribution is -2.34. The van der Waals surface area contributed by atoms with Crippen LogP contribution in [0.2, 0.25) is 0 Å². The largest absolute Gasteiger partial charge is 0.497 e. The highest BCUT2D eigenvalue weighted by atomic mass is 16.5. The standard InChI is InChI=1S/C23H32N2O4/c1-23(26,16-24(2)3)19-6-7-22-18(12-19)15-25(8-9-29-22)14-17-10-20(27-4)13-21(11-17)28-5/h6-7,10-13,26H,8-9,14-16H2,1-5H3. The van der Waals surface area contributed by atoms with E-state index >= 15 is 0 Å². The van der Waals surface area contributed by atoms with Gasteiger partial charge in [0.25, 0.3) is 0 Å². The number of nitrogens with zero attached hydrogens (tertiary/aromatic N) is 2. The lowest BCUT2D eigenvalue weighted by atomic mass is 9.93. The summed E-state index contributed by atoms with van der Waals surface area (Å²) < 4.78 is 16.8. The summed E-state index contributed by atoms with van der Waals surface area (Å²) in [6.07, 6.45) is 0. The van der Waals surface area contributed by atoms with E-state index in [1.54, 1.807) is 14.2 Å². The van der Waals surface area contributed by atoms with Crippen LogP contribution in [0.4, 0.5) is 0 Å². The molecule has 6 heteroatoms. The summed E-state index contributed by atoms with van der Waals surface area (Å²) in [6.45, 7) is 5.36. The molecular weight excluding hydrogens is 368 g/mol. The number of likely N-dealkylation sites (N-methyl/N-ethyl adjacent to an activating group) is 1. The van der Waals surface area contributed by atoms with E-state index in [9.17, 15) is 5.11 Å². The molecule has 0 radical (unpaired) electrons. The number of methoxy groups -OCH3 is 2. The van der Waals surface area contributed by atoms with E-state index in [0.29, 0.717) is 13.2 Å². The number of benzene rings is 2. The summed E-state index contributed by atoms with van der Waals surface area (Å²) in [5, 5.41) is 10.9. The molecular formula is C23H32N2O4. The molecule has 3 rings (SSSR count). The van der Waals surface area contributed by atoms with Crippen LogP contribution >= 0.6 is 0 Å². The van der Waals surface area contributed by atoms with Crippen LogP contribution in [0, 0.1) is 0 Å². The van der Waals surface area contributed by atoms with Crippen molar-refractivity contribution in [2.75, 3.05) is 48.0 Å². The lowest BCUT2D eigenvalue weighted by Gasteiger charge is -2.28. The molecule has 1 aliphatic rings. The highest BCUT2D eigenvalue weighted by molar-refractivity contribution is 5.41. The molecule has 0 aliphatic carbocycles. The molecule has 29 heavy (non-hydrogen) atoms. The van der Waals surface area contributed by atoms with Crippen LogP contribution in [0.15, 0.2) is 36.4 Å². The number of hydrogen-bond donors (Lipinski definition) is 1. The zero-order valence-electron chi connectivity index (χ0n) is 18.1. The van der Waals surface area contributed by atoms with Gasteiger partial charge in [-0.2, -0.15) is 0 Å². The van der Waals surface area contributed by atoms with Gasteiger partial charge in [0.15, 0.2) is 0 Å². The van der Waals surface area contributed by atoms with E-state index in [2.05, 4.69) is 11.0 Å². The first-order chi connectivity index (χ1) is 13.8. The predicted octanol–water partition coefficient (Wildman–Crippen LogP) is 2.87. The quantitative estimate of drug-likeness (QED) is 0.771. The second-order valence-electron chi connectivity index (χ2n) is 8.11. The molecule has 1 heterocycles. The second kappa shape index (κ2) is 9.03. The van der Waals surface area contributed by atoms with Crippen molar-refractivity contribution in [3.05, 3.63) is 53.1 Å². The first kappa shape index (κ1) is 21.4. The maximum atomic E-state index is 10.9. The topological polar surface area (TPSA) is 54.4 Å². The molecule has 0 saturated carbocycles. The Labute approximate surface area is 173 Å². The Hall–Kier alpha value is -2.28. The number of ether oxygens (including phenoxy) is 3. The molecule has 2 aromatic rings. The number of hydrogen-bond acceptors (Lipinski definition) is 6. The van der Waals surface area contributed by atoms with Crippen molar-refractivity contribution in [1.29, 1.82) is 0 Å². The smallest absolute Gasteiger partial charge is 0.123 e. The lowest BCUT2D eigenvalue weighted by molar-refractivity contribution is 0.0299. The highest BCUT2D eigenvalue weighted by Gasteiger charge is 2.26. The van der Waals surface area contributed by atoms with E-state index < -0.39 is 5.60 Å². The fourth-order valence-electron chi connectivity index (χ4n) is 3.84. The van der Waals surface area contributed by atoms with Gasteiger partial charge in [-0.1, -0.05) is 6.07 Å². The molecule has 2 aromatic carbocycles. The fraction of sp³-hybridized carbons (Fsp3) is 0.478. The van der Waals surface area contributed by atoms with Gasteiger partial charge in [0.1, 0.15) is 23.9 Å². The van der Waals surface area contributed by atoms with Gasteiger partial charge in [0.05, 0.1) is 19.8 Å². The van der Waals surface area contributed by atoms with Gasteiger partial charge in [-0.3, -0.25) is 4.90 Å². The fourth-order valence-corrected chi connectivity index (χ4v) is 3.84. The van der Waals surface area contributed by atoms with Crippen molar-refractivity contribution in [3.8, 4) is 17.2 Å². The van der Waals surface area contributed by atoms with Crippen molar-refractivity contribution in [2.45, 2.75) is 25.6 Å². The molecule has 0 amide bonds. The normalized spacial score (nSPS) is 16.5. The minimum atomic E-state index is -0.921. The summed E-state index contributed by atoms with van der Waals surface area (Å²) in [6, 6.07) is 12.0. The third kappa shape index (κ3) is 5.41. The molecule has 1 aliphatic heterocycles. The summed E-state index contributed by atoms with van der Waals surface area (Å²) in [5.41, 5.74) is 2.20. The van der Waals surface area contributed by atoms with E-state index in [0.717, 1.165) is 53.6 Å². The average molecular weight is 401 g/mol. The van der Waals surface area contributed by atoms with Crippen molar-refractivity contribution in [3.63, 3.8) is 0 Å². The summed E-state index contributed by atoms with van der Waals surface area (Å²) in [4.78, 5) is 4.33. The van der Waals surface area contributed by atoms with Gasteiger partial charge in [-0.25, -0.2) is 0 Å². The van der Waals surface area contributed by atoms with Gasteiger partial charge in [-0.15, -0.1) is 0 Å².